The first kappa shape index (κ1) is 18.1. The Kier molecular flexibility index (Phi) is 5.27. The second-order valence-corrected chi connectivity index (χ2v) is 8.33. The van der Waals surface area contributed by atoms with Gasteiger partial charge in [-0.2, -0.15) is 0 Å². The van der Waals surface area contributed by atoms with Crippen molar-refractivity contribution in [3.05, 3.63) is 49.4 Å². The summed E-state index contributed by atoms with van der Waals surface area (Å²) in [5.74, 6) is -0.0980. The summed E-state index contributed by atoms with van der Waals surface area (Å²) in [5.41, 5.74) is 1.87. The number of hydrogen-bond donors (Lipinski definition) is 2. The monoisotopic (exact) mass is 395 g/mol. The highest BCUT2D eigenvalue weighted by molar-refractivity contribution is 7.73. The van der Waals surface area contributed by atoms with E-state index in [2.05, 4.69) is 10.3 Å². The van der Waals surface area contributed by atoms with Crippen LogP contribution in [0.4, 0.5) is 0 Å². The van der Waals surface area contributed by atoms with E-state index in [0.29, 0.717) is 8.98 Å². The lowest BCUT2D eigenvalue weighted by atomic mass is 10.00. The van der Waals surface area contributed by atoms with Crippen molar-refractivity contribution in [1.29, 1.82) is 0 Å². The third-order valence-electron chi connectivity index (χ3n) is 4.39. The molecule has 2 atom stereocenters. The maximum absolute atomic E-state index is 12.5. The zero-order valence-corrected chi connectivity index (χ0v) is 16.2. The summed E-state index contributed by atoms with van der Waals surface area (Å²) < 4.78 is 0.662. The average molecular weight is 396 g/mol. The number of benzene rings is 1. The summed E-state index contributed by atoms with van der Waals surface area (Å²) in [7, 11) is 1.76. The van der Waals surface area contributed by atoms with Gasteiger partial charge in [0.15, 0.2) is 3.95 Å². The highest BCUT2D eigenvalue weighted by Gasteiger charge is 2.39. The zero-order valence-electron chi connectivity index (χ0n) is 13.8. The molecule has 0 radical (unpaired) electrons. The molecule has 0 saturated carbocycles. The minimum absolute atomic E-state index is 0.0127. The summed E-state index contributed by atoms with van der Waals surface area (Å²) in [4.78, 5) is 30.3. The Hall–Kier alpha value is -1.70. The topological polar surface area (TPSA) is 65.2 Å². The number of nitrogens with one attached hydrogen (secondary N) is 2. The number of aromatic nitrogens is 1. The number of nitrogens with zero attached hydrogens (tertiary/aromatic N) is 1. The number of rotatable bonds is 4. The Labute approximate surface area is 160 Å². The van der Waals surface area contributed by atoms with Crippen molar-refractivity contribution in [2.45, 2.75) is 31.8 Å². The van der Waals surface area contributed by atoms with Gasteiger partial charge in [0.2, 0.25) is 11.8 Å². The standard InChI is InChI=1S/C17H18ClN3O2S2/c1-9-13(25-17(24)19-9)8-14(22)20-12-7-15(23)21(2)16(12)10-3-5-11(18)6-4-10/h3-6,12,16H,7-8H2,1-2H3,(H,19,24)(H,20,22)/t12-,16-/m1/s1. The van der Waals surface area contributed by atoms with Gasteiger partial charge in [0.25, 0.3) is 0 Å². The van der Waals surface area contributed by atoms with Crippen molar-refractivity contribution in [2.24, 2.45) is 0 Å². The average Bonchev–Trinajstić information content (AvgIpc) is 2.99. The molecular formula is C17H18ClN3O2S2. The van der Waals surface area contributed by atoms with E-state index in [1.165, 1.54) is 11.3 Å². The molecule has 5 nitrogen and oxygen atoms in total. The molecule has 2 aromatic rings. The van der Waals surface area contributed by atoms with E-state index in [4.69, 9.17) is 23.8 Å². The lowest BCUT2D eigenvalue weighted by molar-refractivity contribution is -0.127. The molecular weight excluding hydrogens is 378 g/mol. The molecule has 25 heavy (non-hydrogen) atoms. The Morgan fingerprint density at radius 2 is 2.12 bits per heavy atom. The number of carbonyl (C=O) groups excluding carboxylic acids is 2. The number of thiazole rings is 1. The van der Waals surface area contributed by atoms with E-state index in [1.807, 2.05) is 19.1 Å². The van der Waals surface area contributed by atoms with Crippen LogP contribution in [-0.4, -0.2) is 34.8 Å². The van der Waals surface area contributed by atoms with Crippen molar-refractivity contribution in [3.8, 4) is 0 Å². The van der Waals surface area contributed by atoms with Crippen LogP contribution in [0.5, 0.6) is 0 Å². The van der Waals surface area contributed by atoms with E-state index in [-0.39, 0.29) is 36.7 Å². The maximum Gasteiger partial charge on any atom is 0.225 e. The van der Waals surface area contributed by atoms with Gasteiger partial charge in [-0.25, -0.2) is 0 Å². The van der Waals surface area contributed by atoms with Crippen LogP contribution in [-0.2, 0) is 16.0 Å². The van der Waals surface area contributed by atoms with E-state index in [0.717, 1.165) is 16.1 Å². The van der Waals surface area contributed by atoms with Crippen LogP contribution in [0.2, 0.25) is 5.02 Å². The minimum atomic E-state index is -0.265. The molecule has 3 rings (SSSR count). The number of H-pyrrole nitrogens is 1. The first-order chi connectivity index (χ1) is 11.8. The molecule has 1 aromatic heterocycles. The van der Waals surface area contributed by atoms with Crippen molar-refractivity contribution < 1.29 is 9.59 Å². The molecule has 1 aliphatic heterocycles. The zero-order chi connectivity index (χ0) is 18.1. The van der Waals surface area contributed by atoms with Crippen LogP contribution in [0.3, 0.4) is 0 Å². The second kappa shape index (κ2) is 7.27. The van der Waals surface area contributed by atoms with Crippen LogP contribution in [0.15, 0.2) is 24.3 Å². The van der Waals surface area contributed by atoms with E-state index in [9.17, 15) is 9.59 Å². The first-order valence-corrected chi connectivity index (χ1v) is 9.44. The fourth-order valence-corrected chi connectivity index (χ4v) is 4.54. The second-order valence-electron chi connectivity index (χ2n) is 6.12. The number of likely N-dealkylation sites (tertiary alicyclic amines) is 1. The number of aryl methyl sites for hydroxylation is 1. The molecule has 1 aliphatic rings. The number of amides is 2. The number of carbonyl (C=O) groups is 2. The van der Waals surface area contributed by atoms with Gasteiger partial charge < -0.3 is 15.2 Å². The van der Waals surface area contributed by atoms with Crippen LogP contribution in [0, 0.1) is 10.9 Å². The molecule has 1 fully saturated rings. The summed E-state index contributed by atoms with van der Waals surface area (Å²) in [6, 6.07) is 6.91. The van der Waals surface area contributed by atoms with Gasteiger partial charge in [0.05, 0.1) is 18.5 Å². The lowest BCUT2D eigenvalue weighted by Crippen LogP contribution is -2.39. The van der Waals surface area contributed by atoms with Crippen LogP contribution < -0.4 is 5.32 Å². The fourth-order valence-electron chi connectivity index (χ4n) is 3.12. The van der Waals surface area contributed by atoms with Crippen molar-refractivity contribution >= 4 is 47.0 Å². The largest absolute Gasteiger partial charge is 0.350 e. The first-order valence-electron chi connectivity index (χ1n) is 7.84. The predicted octanol–water partition coefficient (Wildman–Crippen LogP) is 3.40. The van der Waals surface area contributed by atoms with Crippen LogP contribution in [0.25, 0.3) is 0 Å². The molecule has 2 N–H and O–H groups in total. The van der Waals surface area contributed by atoms with E-state index < -0.39 is 0 Å². The quantitative estimate of drug-likeness (QED) is 0.780. The van der Waals surface area contributed by atoms with Crippen molar-refractivity contribution in [3.63, 3.8) is 0 Å². The summed E-state index contributed by atoms with van der Waals surface area (Å²) in [6.45, 7) is 1.90. The summed E-state index contributed by atoms with van der Waals surface area (Å²) >= 11 is 12.5. The normalized spacial score (nSPS) is 20.1. The van der Waals surface area contributed by atoms with Gasteiger partial charge in [-0.3, -0.25) is 9.59 Å². The Morgan fingerprint density at radius 3 is 2.72 bits per heavy atom. The van der Waals surface area contributed by atoms with Gasteiger partial charge in [0, 0.05) is 29.1 Å². The maximum atomic E-state index is 12.5. The Balaban J connectivity index is 1.76. The fraction of sp³-hybridized carbons (Fsp3) is 0.353. The minimum Gasteiger partial charge on any atom is -0.350 e. The number of halogens is 1. The van der Waals surface area contributed by atoms with E-state index in [1.54, 1.807) is 24.1 Å². The molecule has 1 saturated heterocycles. The van der Waals surface area contributed by atoms with Crippen LogP contribution >= 0.6 is 35.2 Å². The molecule has 132 valence electrons. The molecule has 8 heteroatoms. The smallest absolute Gasteiger partial charge is 0.225 e. The van der Waals surface area contributed by atoms with Gasteiger partial charge in [-0.15, -0.1) is 11.3 Å². The predicted molar refractivity (Wildman–Crippen MR) is 101 cm³/mol. The lowest BCUT2D eigenvalue weighted by Gasteiger charge is -2.26. The molecule has 1 aromatic carbocycles. The van der Waals surface area contributed by atoms with Crippen LogP contribution in [0.1, 0.15) is 28.6 Å². The van der Waals surface area contributed by atoms with Gasteiger partial charge in [-0.05, 0) is 36.8 Å². The summed E-state index contributed by atoms with van der Waals surface area (Å²) in [6.07, 6.45) is 0.544. The van der Waals surface area contributed by atoms with E-state index >= 15 is 0 Å². The number of hydrogen-bond acceptors (Lipinski definition) is 4. The van der Waals surface area contributed by atoms with Gasteiger partial charge >= 0.3 is 0 Å². The van der Waals surface area contributed by atoms with Gasteiger partial charge in [-0.1, -0.05) is 23.7 Å². The highest BCUT2D eigenvalue weighted by Crippen LogP contribution is 2.32. The Bertz CT molecular complexity index is 860. The molecule has 0 aliphatic carbocycles. The van der Waals surface area contributed by atoms with Crippen molar-refractivity contribution in [2.75, 3.05) is 7.05 Å². The molecule has 0 bridgehead atoms. The molecule has 0 unspecified atom stereocenters. The third-order valence-corrected chi connectivity index (χ3v) is 5.98. The molecule has 0 spiro atoms. The third kappa shape index (κ3) is 3.94. The highest BCUT2D eigenvalue weighted by atomic mass is 35.5. The SMILES string of the molecule is Cc1[nH]c(=S)sc1CC(=O)N[C@@H]1CC(=O)N(C)[C@@H]1c1ccc(Cl)cc1. The number of likely N-dealkylation sites (N-methyl/N-ethyl adjacent to an activating group) is 1. The number of aromatic amines is 1. The summed E-state index contributed by atoms with van der Waals surface area (Å²) in [5, 5.41) is 3.65. The molecule has 2 amide bonds. The van der Waals surface area contributed by atoms with Gasteiger partial charge in [0.1, 0.15) is 0 Å². The van der Waals surface area contributed by atoms with Crippen molar-refractivity contribution in [1.82, 2.24) is 15.2 Å². The Morgan fingerprint density at radius 1 is 1.44 bits per heavy atom. The molecule has 2 heterocycles.